The van der Waals surface area contributed by atoms with Crippen molar-refractivity contribution in [3.8, 4) is 0 Å². The van der Waals surface area contributed by atoms with Crippen molar-refractivity contribution in [3.05, 3.63) is 0 Å². The molecule has 2 heteroatoms. The van der Waals surface area contributed by atoms with Crippen molar-refractivity contribution < 1.29 is 6.22 Å². The molecule has 0 aliphatic carbocycles. The van der Waals surface area contributed by atoms with E-state index in [9.17, 15) is 4.79 Å². The molecule has 74 valence electrons. The molecule has 0 aromatic rings. The molecule has 2 nitrogen and oxygen atoms in total. The van der Waals surface area contributed by atoms with Gasteiger partial charge >= 0.3 is 0 Å². The second kappa shape index (κ2) is 4.48. The smallest absolute Gasteiger partial charge is 0.225 e. The highest BCUT2D eigenvalue weighted by molar-refractivity contribution is 5.81. The lowest BCUT2D eigenvalue weighted by Gasteiger charge is -2.22. The summed E-state index contributed by atoms with van der Waals surface area (Å²) in [6.45, 7) is 11.0. The highest BCUT2D eigenvalue weighted by atomic mass is 16.2. The van der Waals surface area contributed by atoms with Gasteiger partial charge in [-0.3, -0.25) is 4.79 Å². The molecule has 1 amide bonds. The third-order valence-electron chi connectivity index (χ3n) is 2.17. The van der Waals surface area contributed by atoms with E-state index >= 15 is 0 Å². The number of nitrogens with one attached hydrogen (secondary N) is 1. The van der Waals surface area contributed by atoms with Gasteiger partial charge in [-0.2, -0.15) is 0 Å². The van der Waals surface area contributed by atoms with E-state index in [1.165, 1.54) is 0 Å². The Morgan fingerprint density at radius 2 is 2.00 bits per heavy atom. The quantitative estimate of drug-likeness (QED) is 0.695. The van der Waals surface area contributed by atoms with Crippen LogP contribution in [0, 0.1) is 11.3 Å². The van der Waals surface area contributed by atoms with Crippen LogP contribution < -0.4 is 5.32 Å². The summed E-state index contributed by atoms with van der Waals surface area (Å²) in [4.78, 5) is 11.5. The van der Waals surface area contributed by atoms with Crippen LogP contribution in [-0.2, 0) is 4.79 Å². The lowest BCUT2D eigenvalue weighted by Crippen LogP contribution is -2.38. The molecule has 12 heavy (non-hydrogen) atoms. The first-order valence-corrected chi connectivity index (χ1v) is 4.68. The third-order valence-corrected chi connectivity index (χ3v) is 2.17. The minimum absolute atomic E-state index is 0. The molecule has 0 rings (SSSR count). The van der Waals surface area contributed by atoms with Crippen molar-refractivity contribution in [3.63, 3.8) is 0 Å². The summed E-state index contributed by atoms with van der Waals surface area (Å²) in [5, 5.41) is 2.93. The molecule has 0 aliphatic heterocycles. The molecular weight excluding hydrogens is 150 g/mol. The zero-order chi connectivity index (χ0) is 9.78. The predicted molar refractivity (Wildman–Crippen MR) is 54.0 cm³/mol. The maximum atomic E-state index is 11.5. The van der Waals surface area contributed by atoms with Gasteiger partial charge in [0, 0.05) is 13.4 Å². The Morgan fingerprint density at radius 3 is 2.33 bits per heavy atom. The molecule has 0 saturated heterocycles. The molecule has 0 unspecified atom stereocenters. The van der Waals surface area contributed by atoms with E-state index < -0.39 is 0 Å². The number of carbonyl (C=O) groups is 1. The molecular formula is C10H23NO. The molecule has 1 N–H and O–H groups in total. The first-order chi connectivity index (χ1) is 5.40. The van der Waals surface area contributed by atoms with E-state index in [0.717, 1.165) is 13.0 Å². The fraction of sp³-hybridized carbons (Fsp3) is 0.900. The average Bonchev–Trinajstić information content (AvgIpc) is 2.00. The van der Waals surface area contributed by atoms with Crippen LogP contribution in [0.2, 0.25) is 0 Å². The van der Waals surface area contributed by atoms with Crippen LogP contribution >= 0.6 is 0 Å². The van der Waals surface area contributed by atoms with Crippen LogP contribution in [0.5, 0.6) is 0 Å². The van der Waals surface area contributed by atoms with Gasteiger partial charge in [0.05, 0.1) is 0 Å². The number of amides is 1. The first kappa shape index (κ1) is 11.5. The number of rotatable bonds is 4. The Bertz CT molecular complexity index is 155. The van der Waals surface area contributed by atoms with Crippen LogP contribution in [0.4, 0.5) is 0 Å². The summed E-state index contributed by atoms with van der Waals surface area (Å²) >= 11 is 0. The van der Waals surface area contributed by atoms with E-state index in [2.05, 4.69) is 19.2 Å². The number of hydrogen-bond acceptors (Lipinski definition) is 1. The van der Waals surface area contributed by atoms with E-state index in [1.807, 2.05) is 20.8 Å². The fourth-order valence-electron chi connectivity index (χ4n) is 0.697. The van der Waals surface area contributed by atoms with Crippen molar-refractivity contribution in [1.29, 1.82) is 0 Å². The number of hydrogen-bond donors (Lipinski definition) is 1. The summed E-state index contributed by atoms with van der Waals surface area (Å²) in [7, 11) is 0. The summed E-state index contributed by atoms with van der Waals surface area (Å²) in [6.07, 6.45) is 0.886. The number of carbonyl (C=O) groups excluding carboxylic acids is 1. The fourth-order valence-corrected chi connectivity index (χ4v) is 0.697. The van der Waals surface area contributed by atoms with Crippen molar-refractivity contribution in [2.45, 2.75) is 41.0 Å². The van der Waals surface area contributed by atoms with Gasteiger partial charge in [0.2, 0.25) is 5.91 Å². The van der Waals surface area contributed by atoms with Gasteiger partial charge in [0.1, 0.15) is 0 Å². The Hall–Kier alpha value is -0.530. The normalized spacial score (nSPS) is 11.8. The van der Waals surface area contributed by atoms with Crippen LogP contribution in [-0.4, -0.2) is 12.5 Å². The van der Waals surface area contributed by atoms with E-state index in [0.29, 0.717) is 5.92 Å². The molecule has 0 aromatic carbocycles. The topological polar surface area (TPSA) is 29.1 Å². The summed E-state index contributed by atoms with van der Waals surface area (Å²) < 4.78 is 0. The Kier molecular flexibility index (Phi) is 4.29. The highest BCUT2D eigenvalue weighted by Crippen LogP contribution is 2.19. The SMILES string of the molecule is CCC(C)(C)C(=O)NCC(C)C.[HH]. The van der Waals surface area contributed by atoms with Gasteiger partial charge in [-0.15, -0.1) is 0 Å². The summed E-state index contributed by atoms with van der Waals surface area (Å²) in [6, 6.07) is 0. The van der Waals surface area contributed by atoms with E-state index in [-0.39, 0.29) is 12.7 Å². The Balaban J connectivity index is 0. The maximum absolute atomic E-state index is 11.5. The van der Waals surface area contributed by atoms with Gasteiger partial charge in [0.15, 0.2) is 0 Å². The zero-order valence-corrected chi connectivity index (χ0v) is 8.90. The minimum atomic E-state index is -0.213. The molecule has 0 heterocycles. The van der Waals surface area contributed by atoms with Crippen LogP contribution in [0.1, 0.15) is 42.5 Å². The van der Waals surface area contributed by atoms with Crippen LogP contribution in [0.25, 0.3) is 0 Å². The lowest BCUT2D eigenvalue weighted by atomic mass is 9.89. The zero-order valence-electron chi connectivity index (χ0n) is 8.90. The van der Waals surface area contributed by atoms with E-state index in [1.54, 1.807) is 0 Å². The lowest BCUT2D eigenvalue weighted by molar-refractivity contribution is -0.129. The van der Waals surface area contributed by atoms with Crippen molar-refractivity contribution in [2.24, 2.45) is 11.3 Å². The van der Waals surface area contributed by atoms with Crippen LogP contribution in [0.3, 0.4) is 0 Å². The third kappa shape index (κ3) is 3.74. The molecule has 0 fully saturated rings. The average molecular weight is 173 g/mol. The van der Waals surface area contributed by atoms with Crippen molar-refractivity contribution >= 4 is 5.91 Å². The molecule has 0 radical (unpaired) electrons. The summed E-state index contributed by atoms with van der Waals surface area (Å²) in [5.41, 5.74) is -0.213. The van der Waals surface area contributed by atoms with Gasteiger partial charge in [0.25, 0.3) is 0 Å². The van der Waals surface area contributed by atoms with Gasteiger partial charge in [-0.25, -0.2) is 0 Å². The van der Waals surface area contributed by atoms with Gasteiger partial charge in [-0.05, 0) is 12.3 Å². The molecule has 0 saturated carbocycles. The van der Waals surface area contributed by atoms with Crippen molar-refractivity contribution in [2.75, 3.05) is 6.54 Å². The Morgan fingerprint density at radius 1 is 1.50 bits per heavy atom. The second-order valence-electron chi connectivity index (χ2n) is 4.34. The monoisotopic (exact) mass is 173 g/mol. The Labute approximate surface area is 77.2 Å². The maximum Gasteiger partial charge on any atom is 0.225 e. The molecule has 0 aliphatic rings. The molecule has 0 bridgehead atoms. The highest BCUT2D eigenvalue weighted by Gasteiger charge is 2.24. The molecule has 0 atom stereocenters. The van der Waals surface area contributed by atoms with E-state index in [4.69, 9.17) is 0 Å². The molecule has 0 aromatic heterocycles. The van der Waals surface area contributed by atoms with Crippen LogP contribution in [0.15, 0.2) is 0 Å². The summed E-state index contributed by atoms with van der Waals surface area (Å²) in [5.74, 6) is 0.695. The predicted octanol–water partition coefficient (Wildman–Crippen LogP) is 2.44. The second-order valence-corrected chi connectivity index (χ2v) is 4.34. The largest absolute Gasteiger partial charge is 0.355 e. The minimum Gasteiger partial charge on any atom is -0.355 e. The first-order valence-electron chi connectivity index (χ1n) is 4.68. The van der Waals surface area contributed by atoms with Gasteiger partial charge < -0.3 is 5.32 Å². The van der Waals surface area contributed by atoms with Gasteiger partial charge in [-0.1, -0.05) is 34.6 Å². The van der Waals surface area contributed by atoms with Crippen molar-refractivity contribution in [1.82, 2.24) is 5.32 Å². The standard InChI is InChI=1S/C10H21NO.H2/c1-6-10(4,5)9(12)11-7-8(2)3;/h8H,6-7H2,1-5H3,(H,11,12);1H. The molecule has 0 spiro atoms.